The molecule has 172 valence electrons. The Morgan fingerprint density at radius 3 is 2.12 bits per heavy atom. The molecule has 34 heavy (non-hydrogen) atoms. The molecule has 1 heterocycles. The molecule has 7 heteroatoms. The minimum absolute atomic E-state index is 0.0202. The minimum Gasteiger partial charge on any atom is -0.481 e. The SMILES string of the molecule is O=C(Nc1ccc(C(=O)N2CCC(C(=O)O)C2)cc1)OCC1c2ccccc2-c2ccccc21. The van der Waals surface area contributed by atoms with Crippen molar-refractivity contribution in [2.75, 3.05) is 25.0 Å². The predicted molar refractivity (Wildman–Crippen MR) is 127 cm³/mol. The maximum Gasteiger partial charge on any atom is 0.411 e. The molecular weight excluding hydrogens is 432 g/mol. The molecule has 1 atom stereocenters. The summed E-state index contributed by atoms with van der Waals surface area (Å²) < 4.78 is 5.56. The zero-order valence-corrected chi connectivity index (χ0v) is 18.4. The highest BCUT2D eigenvalue weighted by atomic mass is 16.5. The number of ether oxygens (including phenoxy) is 1. The van der Waals surface area contributed by atoms with Gasteiger partial charge in [0.15, 0.2) is 0 Å². The summed E-state index contributed by atoms with van der Waals surface area (Å²) in [5.41, 5.74) is 5.58. The summed E-state index contributed by atoms with van der Waals surface area (Å²) in [6.07, 6.45) is -0.104. The Morgan fingerprint density at radius 2 is 1.53 bits per heavy atom. The van der Waals surface area contributed by atoms with Crippen LogP contribution in [0.3, 0.4) is 0 Å². The van der Waals surface area contributed by atoms with E-state index in [4.69, 9.17) is 9.84 Å². The van der Waals surface area contributed by atoms with Crippen molar-refractivity contribution in [3.8, 4) is 11.1 Å². The number of hydrogen-bond acceptors (Lipinski definition) is 4. The van der Waals surface area contributed by atoms with Crippen molar-refractivity contribution < 1.29 is 24.2 Å². The number of benzene rings is 3. The molecule has 1 saturated heterocycles. The number of nitrogens with zero attached hydrogens (tertiary/aromatic N) is 1. The minimum atomic E-state index is -0.877. The van der Waals surface area contributed by atoms with E-state index in [1.165, 1.54) is 11.1 Å². The first-order chi connectivity index (χ1) is 16.5. The number of carboxylic acid groups (broad SMARTS) is 1. The third-order valence-electron chi connectivity index (χ3n) is 6.55. The Bertz CT molecular complexity index is 1210. The molecule has 2 aliphatic rings. The molecule has 2 amide bonds. The van der Waals surface area contributed by atoms with E-state index >= 15 is 0 Å². The van der Waals surface area contributed by atoms with Crippen molar-refractivity contribution >= 4 is 23.7 Å². The van der Waals surface area contributed by atoms with Gasteiger partial charge in [0.2, 0.25) is 0 Å². The number of amides is 2. The molecule has 0 aromatic heterocycles. The number of carbonyl (C=O) groups excluding carboxylic acids is 2. The summed E-state index contributed by atoms with van der Waals surface area (Å²) in [5, 5.41) is 11.8. The van der Waals surface area contributed by atoms with Crippen LogP contribution in [0.1, 0.15) is 33.8 Å². The second-order valence-corrected chi connectivity index (χ2v) is 8.60. The first kappa shape index (κ1) is 21.7. The van der Waals surface area contributed by atoms with E-state index in [0.29, 0.717) is 24.2 Å². The van der Waals surface area contributed by atoms with E-state index in [0.717, 1.165) is 11.1 Å². The monoisotopic (exact) mass is 456 g/mol. The van der Waals surface area contributed by atoms with Gasteiger partial charge in [0, 0.05) is 30.3 Å². The second-order valence-electron chi connectivity index (χ2n) is 8.60. The molecule has 7 nitrogen and oxygen atoms in total. The van der Waals surface area contributed by atoms with Gasteiger partial charge in [0.25, 0.3) is 5.91 Å². The molecule has 3 aromatic rings. The van der Waals surface area contributed by atoms with Gasteiger partial charge in [-0.2, -0.15) is 0 Å². The summed E-state index contributed by atoms with van der Waals surface area (Å²) in [6, 6.07) is 22.8. The van der Waals surface area contributed by atoms with Crippen LogP contribution in [0.15, 0.2) is 72.8 Å². The maximum absolute atomic E-state index is 12.6. The van der Waals surface area contributed by atoms with E-state index < -0.39 is 18.0 Å². The summed E-state index contributed by atoms with van der Waals surface area (Å²) in [5.74, 6) is -1.62. The van der Waals surface area contributed by atoms with Gasteiger partial charge < -0.3 is 14.7 Å². The number of hydrogen-bond donors (Lipinski definition) is 2. The Kier molecular flexibility index (Phi) is 5.76. The van der Waals surface area contributed by atoms with Gasteiger partial charge >= 0.3 is 12.1 Å². The molecule has 2 N–H and O–H groups in total. The third-order valence-corrected chi connectivity index (χ3v) is 6.55. The van der Waals surface area contributed by atoms with Gasteiger partial charge in [0.1, 0.15) is 6.61 Å². The van der Waals surface area contributed by atoms with E-state index in [9.17, 15) is 14.4 Å². The molecule has 0 radical (unpaired) electrons. The van der Waals surface area contributed by atoms with Crippen LogP contribution in [0.25, 0.3) is 11.1 Å². The number of carboxylic acids is 1. The van der Waals surface area contributed by atoms with Gasteiger partial charge in [-0.25, -0.2) is 4.79 Å². The number of aliphatic carboxylic acids is 1. The van der Waals surface area contributed by atoms with Gasteiger partial charge in [0.05, 0.1) is 5.92 Å². The fourth-order valence-electron chi connectivity index (χ4n) is 4.78. The lowest BCUT2D eigenvalue weighted by molar-refractivity contribution is -0.141. The molecule has 3 aromatic carbocycles. The van der Waals surface area contributed by atoms with Crippen LogP contribution in [0.4, 0.5) is 10.5 Å². The van der Waals surface area contributed by atoms with Crippen LogP contribution in [0.5, 0.6) is 0 Å². The molecule has 1 fully saturated rings. The Labute approximate surface area is 197 Å². The summed E-state index contributed by atoms with van der Waals surface area (Å²) >= 11 is 0. The number of nitrogens with one attached hydrogen (secondary N) is 1. The first-order valence-corrected chi connectivity index (χ1v) is 11.3. The highest BCUT2D eigenvalue weighted by Gasteiger charge is 2.31. The van der Waals surface area contributed by atoms with Crippen LogP contribution in [-0.4, -0.2) is 47.7 Å². The Hall–Kier alpha value is -4.13. The number of likely N-dealkylation sites (tertiary alicyclic amines) is 1. The van der Waals surface area contributed by atoms with Crippen LogP contribution in [0, 0.1) is 5.92 Å². The standard InChI is InChI=1S/C27H24N2O5/c30-25(29-14-13-18(15-29)26(31)32)17-9-11-19(12-10-17)28-27(33)34-16-24-22-7-3-1-5-20(22)21-6-2-4-8-23(21)24/h1-12,18,24H,13-16H2,(H,28,33)(H,31,32). The van der Waals surface area contributed by atoms with E-state index in [2.05, 4.69) is 29.6 Å². The quantitative estimate of drug-likeness (QED) is 0.585. The highest BCUT2D eigenvalue weighted by molar-refractivity contribution is 5.95. The fraction of sp³-hybridized carbons (Fsp3) is 0.222. The summed E-state index contributed by atoms with van der Waals surface area (Å²) in [4.78, 5) is 37.7. The van der Waals surface area contributed by atoms with Crippen molar-refractivity contribution in [3.63, 3.8) is 0 Å². The largest absolute Gasteiger partial charge is 0.481 e. The zero-order valence-electron chi connectivity index (χ0n) is 18.4. The van der Waals surface area contributed by atoms with Crippen LogP contribution in [-0.2, 0) is 9.53 Å². The molecule has 1 aliphatic carbocycles. The first-order valence-electron chi connectivity index (χ1n) is 11.3. The molecule has 1 aliphatic heterocycles. The van der Waals surface area contributed by atoms with Gasteiger partial charge in [-0.05, 0) is 52.9 Å². The third kappa shape index (κ3) is 4.12. The molecule has 0 saturated carbocycles. The average Bonchev–Trinajstić information content (AvgIpc) is 3.47. The summed E-state index contributed by atoms with van der Waals surface area (Å²) in [6.45, 7) is 0.861. The lowest BCUT2D eigenvalue weighted by Crippen LogP contribution is -2.29. The topological polar surface area (TPSA) is 95.9 Å². The van der Waals surface area contributed by atoms with E-state index in [1.54, 1.807) is 29.2 Å². The van der Waals surface area contributed by atoms with Gasteiger partial charge in [-0.3, -0.25) is 14.9 Å². The van der Waals surface area contributed by atoms with E-state index in [-0.39, 0.29) is 25.0 Å². The van der Waals surface area contributed by atoms with Crippen molar-refractivity contribution in [2.45, 2.75) is 12.3 Å². The average molecular weight is 456 g/mol. The predicted octanol–water partition coefficient (Wildman–Crippen LogP) is 4.59. The van der Waals surface area contributed by atoms with Crippen molar-refractivity contribution in [2.24, 2.45) is 5.92 Å². The van der Waals surface area contributed by atoms with Crippen molar-refractivity contribution in [3.05, 3.63) is 89.5 Å². The van der Waals surface area contributed by atoms with E-state index in [1.807, 2.05) is 24.3 Å². The smallest absolute Gasteiger partial charge is 0.411 e. The van der Waals surface area contributed by atoms with Crippen molar-refractivity contribution in [1.29, 1.82) is 0 Å². The lowest BCUT2D eigenvalue weighted by atomic mass is 9.98. The van der Waals surface area contributed by atoms with Crippen LogP contribution < -0.4 is 5.32 Å². The molecular formula is C27H24N2O5. The van der Waals surface area contributed by atoms with Crippen LogP contribution >= 0.6 is 0 Å². The highest BCUT2D eigenvalue weighted by Crippen LogP contribution is 2.44. The van der Waals surface area contributed by atoms with Crippen LogP contribution in [0.2, 0.25) is 0 Å². The number of rotatable bonds is 5. The zero-order chi connectivity index (χ0) is 23.7. The number of fused-ring (bicyclic) bond motifs is 3. The maximum atomic E-state index is 12.6. The molecule has 0 bridgehead atoms. The summed E-state index contributed by atoms with van der Waals surface area (Å²) in [7, 11) is 0. The Morgan fingerprint density at radius 1 is 0.912 bits per heavy atom. The van der Waals surface area contributed by atoms with Gasteiger partial charge in [-0.1, -0.05) is 48.5 Å². The Balaban J connectivity index is 1.19. The second kappa shape index (κ2) is 9.02. The fourth-order valence-corrected chi connectivity index (χ4v) is 4.78. The van der Waals surface area contributed by atoms with Gasteiger partial charge in [-0.15, -0.1) is 0 Å². The number of carbonyl (C=O) groups is 3. The molecule has 1 unspecified atom stereocenters. The normalized spacial score (nSPS) is 16.6. The lowest BCUT2D eigenvalue weighted by Gasteiger charge is -2.16. The number of anilines is 1. The van der Waals surface area contributed by atoms with Crippen molar-refractivity contribution in [1.82, 2.24) is 4.90 Å². The molecule has 5 rings (SSSR count). The molecule has 0 spiro atoms.